The second-order valence-corrected chi connectivity index (χ2v) is 8.53. The van der Waals surface area contributed by atoms with E-state index in [-0.39, 0.29) is 58.6 Å². The van der Waals surface area contributed by atoms with E-state index in [9.17, 15) is 0 Å². The third-order valence-electron chi connectivity index (χ3n) is 4.56. The molecule has 0 unspecified atom stereocenters. The van der Waals surface area contributed by atoms with Crippen LogP contribution in [0.3, 0.4) is 0 Å². The molecule has 0 fully saturated rings. The number of rotatable bonds is 5. The number of hydrogen-bond donors (Lipinski definition) is 0. The molecule has 0 nitrogen and oxygen atoms in total. The van der Waals surface area contributed by atoms with Crippen LogP contribution >= 0.6 is 7.92 Å². The van der Waals surface area contributed by atoms with E-state index in [1.54, 1.807) is 0 Å². The monoisotopic (exact) mass is 566 g/mol. The summed E-state index contributed by atoms with van der Waals surface area (Å²) in [6, 6.07) is 27.1. The van der Waals surface area contributed by atoms with Crippen LogP contribution in [0, 0.1) is 0 Å². The molecule has 0 aliphatic carbocycles. The molecule has 0 saturated carbocycles. The third-order valence-corrected chi connectivity index (χ3v) is 7.09. The van der Waals surface area contributed by atoms with Gasteiger partial charge in [0.05, 0.1) is 0 Å². The van der Waals surface area contributed by atoms with Gasteiger partial charge in [-0.15, -0.1) is 80.7 Å². The van der Waals surface area contributed by atoms with Crippen LogP contribution in [-0.2, 0) is 25.8 Å². The fourth-order valence-electron chi connectivity index (χ4n) is 3.30. The molecule has 4 rings (SSSR count). The van der Waals surface area contributed by atoms with Gasteiger partial charge in [0.1, 0.15) is 0 Å². The summed E-state index contributed by atoms with van der Waals surface area (Å²) in [4.78, 5) is 0. The van der Waals surface area contributed by atoms with Crippen LogP contribution in [0.4, 0.5) is 0 Å². The molecule has 0 atom stereocenters. The Hall–Kier alpha value is -0.460. The Kier molecular flexibility index (Phi) is 9.76. The summed E-state index contributed by atoms with van der Waals surface area (Å²) >= 11 is 0. The molecule has 4 aromatic carbocycles. The minimum atomic E-state index is -0.250. The Labute approximate surface area is 188 Å². The Morgan fingerprint density at radius 2 is 1.23 bits per heavy atom. The van der Waals surface area contributed by atoms with E-state index in [0.29, 0.717) is 0 Å². The van der Waals surface area contributed by atoms with Gasteiger partial charge in [0.15, 0.2) is 0 Å². The predicted molar refractivity (Wildman–Crippen MR) is 105 cm³/mol. The van der Waals surface area contributed by atoms with Crippen LogP contribution in [0.1, 0.15) is 19.8 Å². The summed E-state index contributed by atoms with van der Waals surface area (Å²) in [5.74, 6) is 0. The maximum atomic E-state index is 2.41. The summed E-state index contributed by atoms with van der Waals surface area (Å²) < 4.78 is 0. The van der Waals surface area contributed by atoms with E-state index in [2.05, 4.69) is 79.7 Å². The largest absolute Gasteiger partial charge is 4.00 e. The molecule has 0 saturated heterocycles. The second kappa shape index (κ2) is 10.8. The molecule has 0 aliphatic rings. The van der Waals surface area contributed by atoms with Gasteiger partial charge in [0, 0.05) is 0 Å². The standard InChI is InChI=1S/C22H21P.2ClH.Hf/c1-2-3-12-23(21-13-17-8-4-5-9-18(17)14-21)22-15-19-10-6-7-11-20(19)16-22;;;/h4-11,13-16H,2-3,12H2,1H3;2*1H;/q-2;;;+4/p-2. The zero-order valence-electron chi connectivity index (χ0n) is 14.8. The Morgan fingerprint density at radius 1 is 0.769 bits per heavy atom. The smallest absolute Gasteiger partial charge is 1.00 e. The molecule has 0 aromatic heterocycles. The van der Waals surface area contributed by atoms with Crippen molar-refractivity contribution in [3.05, 3.63) is 72.8 Å². The van der Waals surface area contributed by atoms with Crippen LogP contribution in [0.15, 0.2) is 72.8 Å². The van der Waals surface area contributed by atoms with Crippen molar-refractivity contribution in [2.75, 3.05) is 6.16 Å². The van der Waals surface area contributed by atoms with Gasteiger partial charge in [0.25, 0.3) is 0 Å². The van der Waals surface area contributed by atoms with Gasteiger partial charge in [-0.05, 0) is 12.6 Å². The molecule has 0 radical (unpaired) electrons. The summed E-state index contributed by atoms with van der Waals surface area (Å²) in [7, 11) is -0.250. The van der Waals surface area contributed by atoms with Crippen molar-refractivity contribution < 1.29 is 50.7 Å². The van der Waals surface area contributed by atoms with Gasteiger partial charge in [-0.3, -0.25) is 0 Å². The summed E-state index contributed by atoms with van der Waals surface area (Å²) in [5.41, 5.74) is 0. The molecule has 132 valence electrons. The SMILES string of the molecule is CCCCP(c1cc2ccccc2[cH-]1)c1cc2ccccc2[cH-]1.[Cl-].[Cl-].[Hf+4]. The second-order valence-electron chi connectivity index (χ2n) is 6.19. The van der Waals surface area contributed by atoms with Gasteiger partial charge < -0.3 is 24.8 Å². The van der Waals surface area contributed by atoms with Gasteiger partial charge in [-0.25, -0.2) is 0 Å². The van der Waals surface area contributed by atoms with Crippen molar-refractivity contribution in [3.63, 3.8) is 0 Å². The van der Waals surface area contributed by atoms with E-state index in [4.69, 9.17) is 0 Å². The molecule has 0 heterocycles. The number of benzene rings is 2. The van der Waals surface area contributed by atoms with E-state index >= 15 is 0 Å². The van der Waals surface area contributed by atoms with Crippen molar-refractivity contribution in [2.24, 2.45) is 0 Å². The molecule has 0 spiro atoms. The Bertz CT molecular complexity index is 801. The Morgan fingerprint density at radius 3 is 1.65 bits per heavy atom. The van der Waals surface area contributed by atoms with Crippen LogP contribution < -0.4 is 35.4 Å². The summed E-state index contributed by atoms with van der Waals surface area (Å²) in [6.07, 6.45) is 3.85. The van der Waals surface area contributed by atoms with Gasteiger partial charge >= 0.3 is 25.8 Å². The molecule has 0 N–H and O–H groups in total. The summed E-state index contributed by atoms with van der Waals surface area (Å²) in [6.45, 7) is 2.29. The number of hydrogen-bond acceptors (Lipinski definition) is 0. The van der Waals surface area contributed by atoms with Crippen LogP contribution in [0.25, 0.3) is 21.5 Å². The molecule has 0 bridgehead atoms. The molecule has 0 amide bonds. The van der Waals surface area contributed by atoms with Crippen LogP contribution in [-0.4, -0.2) is 6.16 Å². The number of halogens is 2. The molecular formula is C22H21Cl2HfP. The first-order chi connectivity index (χ1) is 11.3. The van der Waals surface area contributed by atoms with E-state index in [0.717, 1.165) is 0 Å². The van der Waals surface area contributed by atoms with Gasteiger partial charge in [-0.2, -0.15) is 12.1 Å². The quantitative estimate of drug-likeness (QED) is 0.177. The minimum absolute atomic E-state index is 0. The zero-order valence-corrected chi connectivity index (χ0v) is 20.8. The Balaban J connectivity index is 0.00000113. The molecule has 4 heteroatoms. The molecule has 26 heavy (non-hydrogen) atoms. The first-order valence-corrected chi connectivity index (χ1v) is 9.96. The van der Waals surface area contributed by atoms with E-state index < -0.39 is 0 Å². The number of fused-ring (bicyclic) bond motifs is 2. The van der Waals surface area contributed by atoms with E-state index in [1.807, 2.05) is 0 Å². The van der Waals surface area contributed by atoms with Crippen LogP contribution in [0.2, 0.25) is 0 Å². The normalized spacial score (nSPS) is 10.4. The fraction of sp³-hybridized carbons (Fsp3) is 0.182. The van der Waals surface area contributed by atoms with Crippen molar-refractivity contribution in [1.29, 1.82) is 0 Å². The van der Waals surface area contributed by atoms with Crippen molar-refractivity contribution >= 4 is 40.1 Å². The first kappa shape index (κ1) is 23.6. The molecular weight excluding hydrogens is 545 g/mol. The third kappa shape index (κ3) is 4.87. The first-order valence-electron chi connectivity index (χ1n) is 8.43. The summed E-state index contributed by atoms with van der Waals surface area (Å²) in [5, 5.41) is 8.57. The molecule has 4 aromatic rings. The van der Waals surface area contributed by atoms with Gasteiger partial charge in [-0.1, -0.05) is 33.4 Å². The topological polar surface area (TPSA) is 0 Å². The maximum Gasteiger partial charge on any atom is 4.00 e. The number of unbranched alkanes of at least 4 members (excludes halogenated alkanes) is 1. The minimum Gasteiger partial charge on any atom is -1.00 e. The maximum absolute atomic E-state index is 2.41. The predicted octanol–water partition coefficient (Wildman–Crippen LogP) is -0.331. The van der Waals surface area contributed by atoms with Crippen LogP contribution in [0.5, 0.6) is 0 Å². The average Bonchev–Trinajstić information content (AvgIpc) is 3.19. The average molecular weight is 566 g/mol. The molecule has 0 aliphatic heterocycles. The van der Waals surface area contributed by atoms with Crippen molar-refractivity contribution in [2.45, 2.75) is 19.8 Å². The van der Waals surface area contributed by atoms with Crippen molar-refractivity contribution in [3.8, 4) is 0 Å². The fourth-order valence-corrected chi connectivity index (χ4v) is 5.93. The van der Waals surface area contributed by atoms with Crippen molar-refractivity contribution in [1.82, 2.24) is 0 Å². The van der Waals surface area contributed by atoms with Gasteiger partial charge in [0.2, 0.25) is 0 Å². The zero-order chi connectivity index (χ0) is 15.6. The van der Waals surface area contributed by atoms with E-state index in [1.165, 1.54) is 51.2 Å².